The van der Waals surface area contributed by atoms with Gasteiger partial charge in [-0.1, -0.05) is 11.6 Å². The zero-order chi connectivity index (χ0) is 20.3. The summed E-state index contributed by atoms with van der Waals surface area (Å²) < 4.78 is 39.9. The maximum absolute atomic E-state index is 12.9. The Hall–Kier alpha value is -3.10. The maximum atomic E-state index is 12.9. The second-order valence-electron chi connectivity index (χ2n) is 5.76. The van der Waals surface area contributed by atoms with Gasteiger partial charge in [-0.05, 0) is 66.7 Å². The molecule has 1 amide bonds. The Balaban J connectivity index is 1.70. The minimum atomic E-state index is -3.86. The summed E-state index contributed by atoms with van der Waals surface area (Å²) in [5.41, 5.74) is 0.956. The van der Waals surface area contributed by atoms with Crippen LogP contribution in [0.2, 0.25) is 5.02 Å². The lowest BCUT2D eigenvalue weighted by atomic mass is 10.2. The summed E-state index contributed by atoms with van der Waals surface area (Å²) in [5.74, 6) is -1.11. The molecule has 0 aliphatic rings. The second-order valence-corrected chi connectivity index (χ2v) is 7.85. The Morgan fingerprint density at radius 1 is 0.929 bits per heavy atom. The highest BCUT2D eigenvalue weighted by Crippen LogP contribution is 2.24. The van der Waals surface area contributed by atoms with E-state index in [0.717, 1.165) is 24.3 Å². The topological polar surface area (TPSA) is 95.5 Å². The first-order chi connectivity index (χ1) is 13.2. The standard InChI is InChI=1S/C19H14ClFN2O4S/c20-17-11-12(1-10-18(17)24)19(25)22-14-4-6-15(7-5-14)23-28(26,27)16-8-2-13(21)3-9-16/h1-11,23-24H,(H,22,25). The fraction of sp³-hybridized carbons (Fsp3) is 0. The van der Waals surface area contributed by atoms with Gasteiger partial charge in [-0.3, -0.25) is 9.52 Å². The molecule has 3 aromatic carbocycles. The third-order valence-corrected chi connectivity index (χ3v) is 5.43. The predicted molar refractivity (Wildman–Crippen MR) is 105 cm³/mol. The van der Waals surface area contributed by atoms with Crippen LogP contribution < -0.4 is 10.0 Å². The number of nitrogens with one attached hydrogen (secondary N) is 2. The lowest BCUT2D eigenvalue weighted by Gasteiger charge is -2.10. The van der Waals surface area contributed by atoms with Gasteiger partial charge in [0, 0.05) is 16.9 Å². The van der Waals surface area contributed by atoms with E-state index in [0.29, 0.717) is 5.69 Å². The molecule has 0 fully saturated rings. The van der Waals surface area contributed by atoms with Gasteiger partial charge >= 0.3 is 0 Å². The molecule has 28 heavy (non-hydrogen) atoms. The highest BCUT2D eigenvalue weighted by molar-refractivity contribution is 7.92. The summed E-state index contributed by atoms with van der Waals surface area (Å²) in [6.07, 6.45) is 0. The van der Waals surface area contributed by atoms with E-state index >= 15 is 0 Å². The molecule has 6 nitrogen and oxygen atoms in total. The van der Waals surface area contributed by atoms with Crippen LogP contribution in [0.4, 0.5) is 15.8 Å². The molecule has 0 atom stereocenters. The number of phenolic OH excluding ortho intramolecular Hbond substituents is 1. The molecule has 144 valence electrons. The number of aromatic hydroxyl groups is 1. The Morgan fingerprint density at radius 2 is 1.54 bits per heavy atom. The SMILES string of the molecule is O=C(Nc1ccc(NS(=O)(=O)c2ccc(F)cc2)cc1)c1ccc(O)c(Cl)c1. The zero-order valence-corrected chi connectivity index (χ0v) is 15.8. The van der Waals surface area contributed by atoms with E-state index < -0.39 is 21.7 Å². The van der Waals surface area contributed by atoms with Gasteiger partial charge in [-0.15, -0.1) is 0 Å². The van der Waals surface area contributed by atoms with Crippen LogP contribution in [-0.2, 0) is 10.0 Å². The number of rotatable bonds is 5. The van der Waals surface area contributed by atoms with Crippen LogP contribution >= 0.6 is 11.6 Å². The number of hydrogen-bond acceptors (Lipinski definition) is 4. The average Bonchev–Trinajstić information content (AvgIpc) is 2.65. The molecule has 0 unspecified atom stereocenters. The van der Waals surface area contributed by atoms with Gasteiger partial charge in [-0.2, -0.15) is 0 Å². The van der Waals surface area contributed by atoms with Crippen molar-refractivity contribution in [3.63, 3.8) is 0 Å². The second kappa shape index (κ2) is 7.87. The number of carbonyl (C=O) groups excluding carboxylic acids is 1. The number of anilines is 2. The van der Waals surface area contributed by atoms with Crippen LogP contribution in [-0.4, -0.2) is 19.4 Å². The minimum absolute atomic E-state index is 0.0539. The minimum Gasteiger partial charge on any atom is -0.506 e. The molecular weight excluding hydrogens is 407 g/mol. The van der Waals surface area contributed by atoms with Crippen molar-refractivity contribution in [2.75, 3.05) is 10.0 Å². The molecule has 0 bridgehead atoms. The number of halogens is 2. The van der Waals surface area contributed by atoms with Crippen molar-refractivity contribution in [3.8, 4) is 5.75 Å². The first kappa shape index (κ1) is 19.7. The van der Waals surface area contributed by atoms with Crippen LogP contribution in [0.1, 0.15) is 10.4 Å². The first-order valence-electron chi connectivity index (χ1n) is 7.93. The van der Waals surface area contributed by atoms with Gasteiger partial charge in [0.15, 0.2) is 0 Å². The molecule has 0 saturated heterocycles. The van der Waals surface area contributed by atoms with Crippen LogP contribution in [0.5, 0.6) is 5.75 Å². The summed E-state index contributed by atoms with van der Waals surface area (Å²) in [4.78, 5) is 12.1. The lowest BCUT2D eigenvalue weighted by molar-refractivity contribution is 0.102. The predicted octanol–water partition coefficient (Wildman–Crippen LogP) is 4.24. The Bertz CT molecular complexity index is 1120. The largest absolute Gasteiger partial charge is 0.506 e. The Labute approximate surface area is 165 Å². The average molecular weight is 421 g/mol. The smallest absolute Gasteiger partial charge is 0.261 e. The quantitative estimate of drug-likeness (QED) is 0.575. The Morgan fingerprint density at radius 3 is 2.14 bits per heavy atom. The van der Waals surface area contributed by atoms with Gasteiger partial charge in [0.05, 0.1) is 9.92 Å². The van der Waals surface area contributed by atoms with Crippen molar-refractivity contribution in [2.45, 2.75) is 4.90 Å². The van der Waals surface area contributed by atoms with Crippen LogP contribution in [0.3, 0.4) is 0 Å². The molecule has 9 heteroatoms. The van der Waals surface area contributed by atoms with Crippen molar-refractivity contribution in [1.82, 2.24) is 0 Å². The van der Waals surface area contributed by atoms with Crippen molar-refractivity contribution in [3.05, 3.63) is 83.1 Å². The monoisotopic (exact) mass is 420 g/mol. The molecule has 0 radical (unpaired) electrons. The maximum Gasteiger partial charge on any atom is 0.261 e. The molecule has 0 saturated carbocycles. The van der Waals surface area contributed by atoms with Gasteiger partial charge in [0.1, 0.15) is 11.6 Å². The highest BCUT2D eigenvalue weighted by Gasteiger charge is 2.14. The van der Waals surface area contributed by atoms with Crippen LogP contribution in [0.15, 0.2) is 71.6 Å². The molecule has 0 aromatic heterocycles. The van der Waals surface area contributed by atoms with Gasteiger partial charge in [-0.25, -0.2) is 12.8 Å². The van der Waals surface area contributed by atoms with Gasteiger partial charge in [0.25, 0.3) is 15.9 Å². The molecule has 0 heterocycles. The number of phenols is 1. The van der Waals surface area contributed by atoms with Gasteiger partial charge < -0.3 is 10.4 Å². The number of amides is 1. The molecule has 3 N–H and O–H groups in total. The molecule has 3 rings (SSSR count). The number of sulfonamides is 1. The third kappa shape index (κ3) is 4.59. The summed E-state index contributed by atoms with van der Waals surface area (Å²) in [5, 5.41) is 12.1. The number of benzene rings is 3. The van der Waals surface area contributed by atoms with Crippen LogP contribution in [0.25, 0.3) is 0 Å². The van der Waals surface area contributed by atoms with Crippen molar-refractivity contribution in [1.29, 1.82) is 0 Å². The lowest BCUT2D eigenvalue weighted by Crippen LogP contribution is -2.14. The van der Waals surface area contributed by atoms with E-state index in [4.69, 9.17) is 11.6 Å². The fourth-order valence-electron chi connectivity index (χ4n) is 2.30. The summed E-state index contributed by atoms with van der Waals surface area (Å²) in [7, 11) is -3.86. The van der Waals surface area contributed by atoms with Crippen molar-refractivity contribution < 1.29 is 22.7 Å². The van der Waals surface area contributed by atoms with E-state index in [1.165, 1.54) is 42.5 Å². The molecule has 0 aliphatic heterocycles. The molecule has 0 aliphatic carbocycles. The highest BCUT2D eigenvalue weighted by atomic mass is 35.5. The first-order valence-corrected chi connectivity index (χ1v) is 9.79. The molecule has 3 aromatic rings. The van der Waals surface area contributed by atoms with E-state index in [-0.39, 0.29) is 26.9 Å². The van der Waals surface area contributed by atoms with E-state index in [1.54, 1.807) is 0 Å². The summed E-state index contributed by atoms with van der Waals surface area (Å²) in [6, 6.07) is 14.5. The van der Waals surface area contributed by atoms with E-state index in [2.05, 4.69) is 10.0 Å². The van der Waals surface area contributed by atoms with E-state index in [1.807, 2.05) is 0 Å². The fourth-order valence-corrected chi connectivity index (χ4v) is 3.54. The molecule has 0 spiro atoms. The Kier molecular flexibility index (Phi) is 5.53. The summed E-state index contributed by atoms with van der Waals surface area (Å²) >= 11 is 5.79. The normalized spacial score (nSPS) is 11.1. The number of hydrogen-bond donors (Lipinski definition) is 3. The zero-order valence-electron chi connectivity index (χ0n) is 14.2. The summed E-state index contributed by atoms with van der Waals surface area (Å²) in [6.45, 7) is 0. The number of carbonyl (C=O) groups is 1. The van der Waals surface area contributed by atoms with Crippen LogP contribution in [0, 0.1) is 5.82 Å². The third-order valence-electron chi connectivity index (χ3n) is 3.73. The van der Waals surface area contributed by atoms with Crippen molar-refractivity contribution in [2.24, 2.45) is 0 Å². The molecular formula is C19H14ClFN2O4S. The van der Waals surface area contributed by atoms with Crippen molar-refractivity contribution >= 4 is 38.9 Å². The van der Waals surface area contributed by atoms with Gasteiger partial charge in [0.2, 0.25) is 0 Å². The van der Waals surface area contributed by atoms with E-state index in [9.17, 15) is 22.7 Å².